The summed E-state index contributed by atoms with van der Waals surface area (Å²) in [6, 6.07) is 5.35. The van der Waals surface area contributed by atoms with Gasteiger partial charge in [-0.05, 0) is 18.2 Å². The second-order valence-electron chi connectivity index (χ2n) is 2.89. The summed E-state index contributed by atoms with van der Waals surface area (Å²) in [5, 5.41) is 9.03. The molecule has 15 heavy (non-hydrogen) atoms. The molecule has 0 aliphatic heterocycles. The van der Waals surface area contributed by atoms with Crippen molar-refractivity contribution in [2.45, 2.75) is 4.43 Å². The van der Waals surface area contributed by atoms with Crippen molar-refractivity contribution >= 4 is 45.8 Å². The van der Waals surface area contributed by atoms with Crippen LogP contribution in [0.2, 0.25) is 10.0 Å². The number of rotatable bonds is 2. The van der Waals surface area contributed by atoms with Gasteiger partial charge in [0.25, 0.3) is 0 Å². The second kappa shape index (κ2) is 4.67. The van der Waals surface area contributed by atoms with Crippen LogP contribution in [0, 0.1) is 0 Å². The minimum absolute atomic E-state index is 0.515. The van der Waals surface area contributed by atoms with Crippen molar-refractivity contribution in [3.05, 3.63) is 40.1 Å². The third-order valence-electron chi connectivity index (χ3n) is 1.85. The lowest BCUT2D eigenvalue weighted by Crippen LogP contribution is -1.94. The first-order chi connectivity index (χ1) is 7.20. The molecule has 1 aromatic heterocycles. The van der Waals surface area contributed by atoms with Crippen LogP contribution in [0.3, 0.4) is 0 Å². The molecule has 0 radical (unpaired) electrons. The normalized spacial score (nSPS) is 10.6. The Labute approximate surface area is 111 Å². The zero-order chi connectivity index (χ0) is 10.8. The molecule has 0 bridgehead atoms. The highest BCUT2D eigenvalue weighted by Crippen LogP contribution is 2.24. The molecule has 0 aliphatic rings. The Morgan fingerprint density at radius 2 is 2.07 bits per heavy atom. The predicted octanol–water partition coefficient (Wildman–Crippen LogP) is 3.51. The van der Waals surface area contributed by atoms with Crippen molar-refractivity contribution in [2.24, 2.45) is 0 Å². The maximum atomic E-state index is 5.91. The van der Waals surface area contributed by atoms with Gasteiger partial charge < -0.3 is 0 Å². The van der Waals surface area contributed by atoms with Gasteiger partial charge in [-0.3, -0.25) is 0 Å². The zero-order valence-corrected chi connectivity index (χ0v) is 11.2. The fraction of sp³-hybridized carbons (Fsp3) is 0.111. The summed E-state index contributed by atoms with van der Waals surface area (Å²) in [4.78, 5) is 0. The maximum Gasteiger partial charge on any atom is 0.0929 e. The standard InChI is InChI=1S/C9H6Cl2IN3/c10-8-2-1-7(3-9(8)11)15-5-6(4-12)13-14-15/h1-3,5H,4H2. The van der Waals surface area contributed by atoms with E-state index in [9.17, 15) is 0 Å². The van der Waals surface area contributed by atoms with Gasteiger partial charge in [0.2, 0.25) is 0 Å². The highest BCUT2D eigenvalue weighted by molar-refractivity contribution is 14.1. The van der Waals surface area contributed by atoms with Gasteiger partial charge in [-0.15, -0.1) is 5.10 Å². The Bertz CT molecular complexity index is 484. The zero-order valence-electron chi connectivity index (χ0n) is 7.49. The maximum absolute atomic E-state index is 5.91. The SMILES string of the molecule is Clc1ccc(-n2cc(CI)nn2)cc1Cl. The Hall–Kier alpha value is -0.330. The number of benzene rings is 1. The van der Waals surface area contributed by atoms with Crippen LogP contribution in [0.15, 0.2) is 24.4 Å². The number of hydrogen-bond donors (Lipinski definition) is 0. The monoisotopic (exact) mass is 353 g/mol. The summed E-state index contributed by atoms with van der Waals surface area (Å²) in [5.74, 6) is 0. The van der Waals surface area contributed by atoms with Crippen LogP contribution in [0.25, 0.3) is 5.69 Å². The van der Waals surface area contributed by atoms with Crippen LogP contribution in [-0.2, 0) is 4.43 Å². The molecule has 0 fully saturated rings. The smallest absolute Gasteiger partial charge is 0.0929 e. The minimum Gasteiger partial charge on any atom is -0.220 e. The number of nitrogens with zero attached hydrogens (tertiary/aromatic N) is 3. The topological polar surface area (TPSA) is 30.7 Å². The lowest BCUT2D eigenvalue weighted by atomic mass is 10.3. The van der Waals surface area contributed by atoms with Gasteiger partial charge in [0.15, 0.2) is 0 Å². The van der Waals surface area contributed by atoms with Crippen molar-refractivity contribution in [3.63, 3.8) is 0 Å². The predicted molar refractivity (Wildman–Crippen MR) is 69.1 cm³/mol. The third kappa shape index (κ3) is 2.43. The second-order valence-corrected chi connectivity index (χ2v) is 4.46. The van der Waals surface area contributed by atoms with Crippen LogP contribution in [-0.4, -0.2) is 15.0 Å². The summed E-state index contributed by atoms with van der Waals surface area (Å²) < 4.78 is 2.51. The first-order valence-corrected chi connectivity index (χ1v) is 6.41. The van der Waals surface area contributed by atoms with Crippen molar-refractivity contribution in [3.8, 4) is 5.69 Å². The van der Waals surface area contributed by atoms with Crippen LogP contribution >= 0.6 is 45.8 Å². The quantitative estimate of drug-likeness (QED) is 0.611. The van der Waals surface area contributed by atoms with Crippen molar-refractivity contribution in [1.82, 2.24) is 15.0 Å². The van der Waals surface area contributed by atoms with E-state index < -0.39 is 0 Å². The van der Waals surface area contributed by atoms with E-state index in [0.717, 1.165) is 15.8 Å². The summed E-state index contributed by atoms with van der Waals surface area (Å²) in [7, 11) is 0. The third-order valence-corrected chi connectivity index (χ3v) is 3.37. The number of hydrogen-bond acceptors (Lipinski definition) is 2. The molecule has 78 valence electrons. The average molecular weight is 354 g/mol. The number of aromatic nitrogens is 3. The van der Waals surface area contributed by atoms with Gasteiger partial charge in [0.05, 0.1) is 27.6 Å². The van der Waals surface area contributed by atoms with Crippen molar-refractivity contribution < 1.29 is 0 Å². The molecule has 0 saturated carbocycles. The Kier molecular flexibility index (Phi) is 3.48. The Balaban J connectivity index is 2.40. The van der Waals surface area contributed by atoms with Crippen LogP contribution < -0.4 is 0 Å². The molecule has 6 heteroatoms. The van der Waals surface area contributed by atoms with E-state index in [1.54, 1.807) is 16.8 Å². The minimum atomic E-state index is 0.515. The van der Waals surface area contributed by atoms with E-state index in [1.165, 1.54) is 0 Å². The van der Waals surface area contributed by atoms with Gasteiger partial charge in [-0.2, -0.15) is 0 Å². The summed E-state index contributed by atoms with van der Waals surface area (Å²) >= 11 is 14.0. The molecule has 0 spiro atoms. The van der Waals surface area contributed by atoms with Gasteiger partial charge in [0.1, 0.15) is 0 Å². The fourth-order valence-electron chi connectivity index (χ4n) is 1.11. The van der Waals surface area contributed by atoms with Crippen molar-refractivity contribution in [1.29, 1.82) is 0 Å². The lowest BCUT2D eigenvalue weighted by Gasteiger charge is -2.01. The van der Waals surface area contributed by atoms with Crippen molar-refractivity contribution in [2.75, 3.05) is 0 Å². The Morgan fingerprint density at radius 1 is 1.27 bits per heavy atom. The molecule has 3 nitrogen and oxygen atoms in total. The first kappa shape index (κ1) is 11.2. The average Bonchev–Trinajstić information content (AvgIpc) is 2.70. The number of alkyl halides is 1. The molecule has 0 amide bonds. The Morgan fingerprint density at radius 3 is 2.67 bits per heavy atom. The van der Waals surface area contributed by atoms with E-state index in [4.69, 9.17) is 23.2 Å². The van der Waals surface area contributed by atoms with Crippen LogP contribution in [0.5, 0.6) is 0 Å². The van der Waals surface area contributed by atoms with E-state index in [1.807, 2.05) is 12.3 Å². The van der Waals surface area contributed by atoms with Gasteiger partial charge in [-0.25, -0.2) is 4.68 Å². The van der Waals surface area contributed by atoms with Gasteiger partial charge in [0, 0.05) is 4.43 Å². The summed E-state index contributed by atoms with van der Waals surface area (Å²) in [5.41, 5.74) is 1.79. The molecule has 2 aromatic rings. The van der Waals surface area contributed by atoms with Crippen LogP contribution in [0.4, 0.5) is 0 Å². The fourth-order valence-corrected chi connectivity index (χ4v) is 1.76. The number of halogens is 3. The first-order valence-electron chi connectivity index (χ1n) is 4.13. The molecule has 2 rings (SSSR count). The van der Waals surface area contributed by atoms with Crippen LogP contribution in [0.1, 0.15) is 5.69 Å². The van der Waals surface area contributed by atoms with Gasteiger partial charge >= 0.3 is 0 Å². The summed E-state index contributed by atoms with van der Waals surface area (Å²) in [6.07, 6.45) is 1.87. The highest BCUT2D eigenvalue weighted by atomic mass is 127. The molecular weight excluding hydrogens is 348 g/mol. The summed E-state index contributed by atoms with van der Waals surface area (Å²) in [6.45, 7) is 0. The molecule has 0 aliphatic carbocycles. The molecule has 0 N–H and O–H groups in total. The largest absolute Gasteiger partial charge is 0.220 e. The molecule has 1 aromatic carbocycles. The lowest BCUT2D eigenvalue weighted by molar-refractivity contribution is 0.801. The molecular formula is C9H6Cl2IN3. The highest BCUT2D eigenvalue weighted by Gasteiger charge is 2.04. The van der Waals surface area contributed by atoms with E-state index >= 15 is 0 Å². The molecule has 0 atom stereocenters. The molecule has 1 heterocycles. The van der Waals surface area contributed by atoms with Gasteiger partial charge in [-0.1, -0.05) is 51.0 Å². The molecule has 0 saturated heterocycles. The molecule has 0 unspecified atom stereocenters. The van der Waals surface area contributed by atoms with E-state index in [0.29, 0.717) is 10.0 Å². The van der Waals surface area contributed by atoms with E-state index in [2.05, 4.69) is 32.9 Å². The van der Waals surface area contributed by atoms with E-state index in [-0.39, 0.29) is 0 Å².